The Labute approximate surface area is 137 Å². The number of hydrogen-bond acceptors (Lipinski definition) is 4. The Hall–Kier alpha value is -2.43. The lowest BCUT2D eigenvalue weighted by atomic mass is 10.1. The summed E-state index contributed by atoms with van der Waals surface area (Å²) in [7, 11) is 0. The molecule has 0 saturated carbocycles. The van der Waals surface area contributed by atoms with E-state index in [4.69, 9.17) is 4.74 Å². The van der Waals surface area contributed by atoms with E-state index in [1.54, 1.807) is 10.6 Å². The third-order valence-corrected chi connectivity index (χ3v) is 3.79. The van der Waals surface area contributed by atoms with Crippen molar-refractivity contribution in [1.29, 1.82) is 0 Å². The first kappa shape index (κ1) is 16.9. The van der Waals surface area contributed by atoms with Crippen LogP contribution in [0.2, 0.25) is 0 Å². The highest BCUT2D eigenvalue weighted by atomic mass is 16.5. The SMILES string of the molecule is C=C/C(=C\C=C/CC)OC(C)c1c(C)c(C)nn2c(C)nnc12. The lowest BCUT2D eigenvalue weighted by molar-refractivity contribution is 0.143. The highest BCUT2D eigenvalue weighted by Gasteiger charge is 2.20. The number of fused-ring (bicyclic) bond motifs is 1. The second-order valence-electron chi connectivity index (χ2n) is 5.48. The van der Waals surface area contributed by atoms with Gasteiger partial charge < -0.3 is 4.74 Å². The molecule has 0 aromatic carbocycles. The van der Waals surface area contributed by atoms with Crippen molar-refractivity contribution >= 4 is 5.65 Å². The summed E-state index contributed by atoms with van der Waals surface area (Å²) >= 11 is 0. The molecule has 0 fully saturated rings. The van der Waals surface area contributed by atoms with Crippen LogP contribution < -0.4 is 0 Å². The van der Waals surface area contributed by atoms with Gasteiger partial charge >= 0.3 is 0 Å². The van der Waals surface area contributed by atoms with Crippen LogP contribution in [-0.4, -0.2) is 19.8 Å². The molecule has 2 aromatic rings. The fourth-order valence-electron chi connectivity index (χ4n) is 2.44. The molecule has 1 unspecified atom stereocenters. The Balaban J connectivity index is 2.42. The molecule has 0 N–H and O–H groups in total. The van der Waals surface area contributed by atoms with Crippen LogP contribution in [-0.2, 0) is 4.74 Å². The van der Waals surface area contributed by atoms with Gasteiger partial charge in [-0.1, -0.05) is 25.7 Å². The highest BCUT2D eigenvalue weighted by Crippen LogP contribution is 2.28. The van der Waals surface area contributed by atoms with E-state index in [0.29, 0.717) is 0 Å². The molecule has 0 bridgehead atoms. The summed E-state index contributed by atoms with van der Waals surface area (Å²) in [6.07, 6.45) is 8.49. The van der Waals surface area contributed by atoms with Crippen molar-refractivity contribution < 1.29 is 4.74 Å². The number of ether oxygens (including phenoxy) is 1. The van der Waals surface area contributed by atoms with Crippen LogP contribution in [0.1, 0.15) is 49.0 Å². The Kier molecular flexibility index (Phi) is 5.32. The molecule has 0 aliphatic rings. The molecule has 0 aliphatic carbocycles. The maximum atomic E-state index is 6.07. The van der Waals surface area contributed by atoms with Gasteiger partial charge in [0.15, 0.2) is 11.5 Å². The van der Waals surface area contributed by atoms with Crippen molar-refractivity contribution in [2.45, 2.75) is 47.1 Å². The molecule has 2 rings (SSSR count). The molecule has 0 amide bonds. The van der Waals surface area contributed by atoms with E-state index in [0.717, 1.165) is 40.5 Å². The van der Waals surface area contributed by atoms with Crippen molar-refractivity contribution in [3.05, 3.63) is 59.3 Å². The topological polar surface area (TPSA) is 52.3 Å². The predicted octanol–water partition coefficient (Wildman–Crippen LogP) is 4.16. The number of nitrogens with zero attached hydrogens (tertiary/aromatic N) is 4. The van der Waals surface area contributed by atoms with E-state index >= 15 is 0 Å². The van der Waals surface area contributed by atoms with Crippen molar-refractivity contribution in [3.8, 4) is 0 Å². The highest BCUT2D eigenvalue weighted by molar-refractivity contribution is 5.52. The minimum atomic E-state index is -0.179. The fourth-order valence-corrected chi connectivity index (χ4v) is 2.44. The summed E-state index contributed by atoms with van der Waals surface area (Å²) in [6.45, 7) is 13.8. The van der Waals surface area contributed by atoms with E-state index in [1.807, 2.05) is 39.8 Å². The van der Waals surface area contributed by atoms with Crippen LogP contribution in [0.4, 0.5) is 0 Å². The minimum Gasteiger partial charge on any atom is -0.486 e. The summed E-state index contributed by atoms with van der Waals surface area (Å²) in [6, 6.07) is 0. The van der Waals surface area contributed by atoms with Crippen molar-refractivity contribution in [3.63, 3.8) is 0 Å². The molecular weight excluding hydrogens is 288 g/mol. The van der Waals surface area contributed by atoms with Crippen LogP contribution in [0.5, 0.6) is 0 Å². The van der Waals surface area contributed by atoms with Gasteiger partial charge in [0.2, 0.25) is 0 Å². The van der Waals surface area contributed by atoms with Gasteiger partial charge in [-0.3, -0.25) is 0 Å². The van der Waals surface area contributed by atoms with Crippen LogP contribution in [0.3, 0.4) is 0 Å². The molecular formula is C18H24N4O. The number of aromatic nitrogens is 4. The molecule has 0 radical (unpaired) electrons. The minimum absolute atomic E-state index is 0.179. The van der Waals surface area contributed by atoms with E-state index < -0.39 is 0 Å². The zero-order chi connectivity index (χ0) is 17.0. The predicted molar refractivity (Wildman–Crippen MR) is 92.2 cm³/mol. The monoisotopic (exact) mass is 312 g/mol. The molecule has 2 heterocycles. The second kappa shape index (κ2) is 7.22. The van der Waals surface area contributed by atoms with Gasteiger partial charge in [-0.2, -0.15) is 9.61 Å². The number of hydrogen-bond donors (Lipinski definition) is 0. The Morgan fingerprint density at radius 3 is 2.70 bits per heavy atom. The summed E-state index contributed by atoms with van der Waals surface area (Å²) in [4.78, 5) is 0. The Bertz CT molecular complexity index is 771. The lowest BCUT2D eigenvalue weighted by Crippen LogP contribution is -2.09. The van der Waals surface area contributed by atoms with Crippen LogP contribution in [0, 0.1) is 20.8 Å². The van der Waals surface area contributed by atoms with Gasteiger partial charge in [0.25, 0.3) is 0 Å². The standard InChI is InChI=1S/C18H24N4O/c1-7-9-10-11-16(8-2)23-14(5)17-12(3)13(4)21-22-15(6)19-20-18(17)22/h8-11,14H,2,7H2,1,3-6H3/b10-9-,16-11+. The number of rotatable bonds is 6. The van der Waals surface area contributed by atoms with Gasteiger partial charge in [0, 0.05) is 5.56 Å². The second-order valence-corrected chi connectivity index (χ2v) is 5.48. The lowest BCUT2D eigenvalue weighted by Gasteiger charge is -2.19. The van der Waals surface area contributed by atoms with Crippen LogP contribution in [0.15, 0.2) is 36.6 Å². The first-order valence-corrected chi connectivity index (χ1v) is 7.84. The number of allylic oxidation sites excluding steroid dienone is 4. The average Bonchev–Trinajstić information content (AvgIpc) is 2.88. The molecule has 0 spiro atoms. The van der Waals surface area contributed by atoms with Crippen LogP contribution in [0.25, 0.3) is 5.65 Å². The van der Waals surface area contributed by atoms with Gasteiger partial charge in [-0.05, 0) is 51.8 Å². The molecule has 1 atom stereocenters. The van der Waals surface area contributed by atoms with E-state index in [9.17, 15) is 0 Å². The third-order valence-electron chi connectivity index (χ3n) is 3.79. The first-order valence-electron chi connectivity index (χ1n) is 7.84. The summed E-state index contributed by atoms with van der Waals surface area (Å²) in [5, 5.41) is 12.9. The zero-order valence-electron chi connectivity index (χ0n) is 14.5. The smallest absolute Gasteiger partial charge is 0.185 e. The normalized spacial score (nSPS) is 13.7. The molecule has 0 saturated heterocycles. The molecule has 2 aromatic heterocycles. The van der Waals surface area contributed by atoms with Gasteiger partial charge in [0.1, 0.15) is 11.9 Å². The first-order chi connectivity index (χ1) is 11.0. The van der Waals surface area contributed by atoms with Gasteiger partial charge in [0.05, 0.1) is 5.69 Å². The average molecular weight is 312 g/mol. The summed E-state index contributed by atoms with van der Waals surface area (Å²) in [5.74, 6) is 1.49. The molecule has 122 valence electrons. The summed E-state index contributed by atoms with van der Waals surface area (Å²) in [5.41, 5.74) is 3.77. The molecule has 5 nitrogen and oxygen atoms in total. The molecule has 0 aliphatic heterocycles. The van der Waals surface area contributed by atoms with Gasteiger partial charge in [-0.25, -0.2) is 0 Å². The maximum absolute atomic E-state index is 6.07. The van der Waals surface area contributed by atoms with Crippen molar-refractivity contribution in [2.75, 3.05) is 0 Å². The Morgan fingerprint density at radius 2 is 2.04 bits per heavy atom. The van der Waals surface area contributed by atoms with E-state index in [-0.39, 0.29) is 6.10 Å². The third kappa shape index (κ3) is 3.50. The molecule has 5 heteroatoms. The van der Waals surface area contributed by atoms with Crippen LogP contribution >= 0.6 is 0 Å². The summed E-state index contributed by atoms with van der Waals surface area (Å²) < 4.78 is 7.84. The Morgan fingerprint density at radius 1 is 1.30 bits per heavy atom. The maximum Gasteiger partial charge on any atom is 0.185 e. The number of aryl methyl sites for hydroxylation is 2. The van der Waals surface area contributed by atoms with E-state index in [2.05, 4.69) is 34.9 Å². The quantitative estimate of drug-likeness (QED) is 0.593. The largest absolute Gasteiger partial charge is 0.486 e. The van der Waals surface area contributed by atoms with Crippen molar-refractivity contribution in [2.24, 2.45) is 0 Å². The zero-order valence-corrected chi connectivity index (χ0v) is 14.5. The van der Waals surface area contributed by atoms with Gasteiger partial charge in [-0.15, -0.1) is 10.2 Å². The molecule has 23 heavy (non-hydrogen) atoms. The fraction of sp³-hybridized carbons (Fsp3) is 0.389. The van der Waals surface area contributed by atoms with Crippen molar-refractivity contribution in [1.82, 2.24) is 19.8 Å². The van der Waals surface area contributed by atoms with E-state index in [1.165, 1.54) is 0 Å².